The van der Waals surface area contributed by atoms with Crippen LogP contribution in [-0.4, -0.2) is 49.3 Å². The smallest absolute Gasteiger partial charge is 0.276 e. The fourth-order valence-corrected chi connectivity index (χ4v) is 3.51. The number of methoxy groups -OCH3 is 1. The number of anilines is 1. The predicted molar refractivity (Wildman–Crippen MR) is 108 cm³/mol. The van der Waals surface area contributed by atoms with Gasteiger partial charge in [0.25, 0.3) is 5.91 Å². The van der Waals surface area contributed by atoms with Crippen molar-refractivity contribution in [3.63, 3.8) is 0 Å². The molecule has 1 aliphatic heterocycles. The Morgan fingerprint density at radius 3 is 2.57 bits per heavy atom. The first-order valence-electron chi connectivity index (χ1n) is 9.36. The fourth-order valence-electron chi connectivity index (χ4n) is 3.51. The zero-order chi connectivity index (χ0) is 19.5. The molecule has 0 radical (unpaired) electrons. The lowest BCUT2D eigenvalue weighted by atomic mass is 10.1. The van der Waals surface area contributed by atoms with Crippen molar-refractivity contribution in [2.75, 3.05) is 38.2 Å². The van der Waals surface area contributed by atoms with E-state index in [-0.39, 0.29) is 5.91 Å². The van der Waals surface area contributed by atoms with E-state index in [4.69, 9.17) is 9.26 Å². The molecule has 6 nitrogen and oxygen atoms in total. The van der Waals surface area contributed by atoms with Crippen molar-refractivity contribution >= 4 is 11.6 Å². The summed E-state index contributed by atoms with van der Waals surface area (Å²) in [4.78, 5) is 17.0. The number of para-hydroxylation sites is 1. The molecule has 0 saturated carbocycles. The topological polar surface area (TPSA) is 58.8 Å². The van der Waals surface area contributed by atoms with Crippen molar-refractivity contribution in [3.05, 3.63) is 65.9 Å². The van der Waals surface area contributed by atoms with E-state index < -0.39 is 0 Å². The third-order valence-electron chi connectivity index (χ3n) is 5.04. The minimum atomic E-state index is -0.103. The van der Waals surface area contributed by atoms with Crippen molar-refractivity contribution in [1.29, 1.82) is 0 Å². The molecule has 2 heterocycles. The van der Waals surface area contributed by atoms with Crippen molar-refractivity contribution in [1.82, 2.24) is 10.1 Å². The van der Waals surface area contributed by atoms with Crippen molar-refractivity contribution < 1.29 is 14.1 Å². The number of hydrogen-bond acceptors (Lipinski definition) is 5. The lowest BCUT2D eigenvalue weighted by Crippen LogP contribution is -2.48. The summed E-state index contributed by atoms with van der Waals surface area (Å²) in [5.41, 5.74) is 3.54. The van der Waals surface area contributed by atoms with Crippen LogP contribution in [0.4, 0.5) is 5.69 Å². The Bertz CT molecular complexity index is 974. The number of ether oxygens (including phenoxy) is 1. The standard InChI is InChI=1S/C22H23N3O3/c1-16-6-5-7-17(14-16)24-10-12-25(13-11-24)22(26)19-15-21(28-23-19)18-8-3-4-9-20(18)27-2/h3-9,14-15H,10-13H2,1-2H3. The van der Waals surface area contributed by atoms with E-state index in [0.29, 0.717) is 30.3 Å². The molecule has 1 fully saturated rings. The Kier molecular flexibility index (Phi) is 5.02. The monoisotopic (exact) mass is 377 g/mol. The Morgan fingerprint density at radius 2 is 1.82 bits per heavy atom. The van der Waals surface area contributed by atoms with E-state index in [1.54, 1.807) is 13.2 Å². The molecule has 28 heavy (non-hydrogen) atoms. The van der Waals surface area contributed by atoms with Crippen LogP contribution in [0.5, 0.6) is 5.75 Å². The summed E-state index contributed by atoms with van der Waals surface area (Å²) in [7, 11) is 1.61. The Morgan fingerprint density at radius 1 is 1.04 bits per heavy atom. The predicted octanol–water partition coefficient (Wildman–Crippen LogP) is 3.62. The summed E-state index contributed by atoms with van der Waals surface area (Å²) in [6, 6.07) is 17.6. The molecule has 0 aliphatic carbocycles. The van der Waals surface area contributed by atoms with Crippen molar-refractivity contribution in [3.8, 4) is 17.1 Å². The van der Waals surface area contributed by atoms with Crippen LogP contribution in [-0.2, 0) is 0 Å². The van der Waals surface area contributed by atoms with Gasteiger partial charge >= 0.3 is 0 Å². The molecular formula is C22H23N3O3. The third-order valence-corrected chi connectivity index (χ3v) is 5.04. The molecule has 3 aromatic rings. The van der Waals surface area contributed by atoms with Gasteiger partial charge in [0.1, 0.15) is 5.75 Å². The van der Waals surface area contributed by atoms with Gasteiger partial charge in [-0.15, -0.1) is 0 Å². The molecule has 1 amide bonds. The zero-order valence-corrected chi connectivity index (χ0v) is 16.1. The lowest BCUT2D eigenvalue weighted by molar-refractivity contribution is 0.0736. The maximum absolute atomic E-state index is 12.8. The second-order valence-corrected chi connectivity index (χ2v) is 6.89. The number of hydrogen-bond donors (Lipinski definition) is 0. The number of aromatic nitrogens is 1. The molecule has 2 aromatic carbocycles. The number of nitrogens with zero attached hydrogens (tertiary/aromatic N) is 3. The highest BCUT2D eigenvalue weighted by Gasteiger charge is 2.25. The second-order valence-electron chi connectivity index (χ2n) is 6.89. The highest BCUT2D eigenvalue weighted by Crippen LogP contribution is 2.30. The van der Waals surface area contributed by atoms with E-state index in [9.17, 15) is 4.79 Å². The molecule has 0 bridgehead atoms. The van der Waals surface area contributed by atoms with Gasteiger partial charge in [-0.25, -0.2) is 0 Å². The molecule has 1 aromatic heterocycles. The van der Waals surface area contributed by atoms with Gasteiger partial charge in [-0.2, -0.15) is 0 Å². The van der Waals surface area contributed by atoms with Gasteiger partial charge in [-0.1, -0.05) is 29.4 Å². The maximum atomic E-state index is 12.8. The SMILES string of the molecule is COc1ccccc1-c1cc(C(=O)N2CCN(c3cccc(C)c3)CC2)no1. The van der Waals surface area contributed by atoms with Gasteiger partial charge in [0, 0.05) is 37.9 Å². The van der Waals surface area contributed by atoms with E-state index in [2.05, 4.69) is 41.2 Å². The molecule has 0 atom stereocenters. The van der Waals surface area contributed by atoms with Crippen LogP contribution in [0.25, 0.3) is 11.3 Å². The molecule has 0 spiro atoms. The van der Waals surface area contributed by atoms with E-state index in [0.717, 1.165) is 18.7 Å². The molecule has 144 valence electrons. The normalized spacial score (nSPS) is 14.2. The number of amides is 1. The Balaban J connectivity index is 1.44. The average molecular weight is 377 g/mol. The van der Waals surface area contributed by atoms with Crippen LogP contribution in [0, 0.1) is 6.92 Å². The Hall–Kier alpha value is -3.28. The average Bonchev–Trinajstić information content (AvgIpc) is 3.23. The van der Waals surface area contributed by atoms with Crippen LogP contribution >= 0.6 is 0 Å². The number of benzene rings is 2. The highest BCUT2D eigenvalue weighted by molar-refractivity contribution is 5.93. The first-order chi connectivity index (χ1) is 13.7. The highest BCUT2D eigenvalue weighted by atomic mass is 16.5. The van der Waals surface area contributed by atoms with E-state index in [1.807, 2.05) is 29.2 Å². The Labute approximate surface area is 164 Å². The second kappa shape index (κ2) is 7.76. The van der Waals surface area contributed by atoms with Gasteiger partial charge in [-0.3, -0.25) is 4.79 Å². The zero-order valence-electron chi connectivity index (χ0n) is 16.1. The molecule has 6 heteroatoms. The molecule has 4 rings (SSSR count). The summed E-state index contributed by atoms with van der Waals surface area (Å²) >= 11 is 0. The molecule has 0 N–H and O–H groups in total. The van der Waals surface area contributed by atoms with E-state index >= 15 is 0 Å². The fraction of sp³-hybridized carbons (Fsp3) is 0.273. The summed E-state index contributed by atoms with van der Waals surface area (Å²) in [5.74, 6) is 1.11. The molecule has 1 saturated heterocycles. The van der Waals surface area contributed by atoms with Gasteiger partial charge in [0.2, 0.25) is 0 Å². The van der Waals surface area contributed by atoms with Gasteiger partial charge in [0.05, 0.1) is 12.7 Å². The van der Waals surface area contributed by atoms with E-state index in [1.165, 1.54) is 11.3 Å². The first kappa shape index (κ1) is 18.1. The molecular weight excluding hydrogens is 354 g/mol. The summed E-state index contributed by atoms with van der Waals surface area (Å²) in [6.45, 7) is 5.00. The summed E-state index contributed by atoms with van der Waals surface area (Å²) < 4.78 is 10.8. The van der Waals surface area contributed by atoms with Crippen molar-refractivity contribution in [2.24, 2.45) is 0 Å². The van der Waals surface area contributed by atoms with Crippen LogP contribution < -0.4 is 9.64 Å². The number of aryl methyl sites for hydroxylation is 1. The van der Waals surface area contributed by atoms with Gasteiger partial charge < -0.3 is 19.1 Å². The minimum Gasteiger partial charge on any atom is -0.496 e. The number of carbonyl (C=O) groups excluding carboxylic acids is 1. The quantitative estimate of drug-likeness (QED) is 0.695. The van der Waals surface area contributed by atoms with Crippen LogP contribution in [0.2, 0.25) is 0 Å². The van der Waals surface area contributed by atoms with Crippen LogP contribution in [0.1, 0.15) is 16.1 Å². The minimum absolute atomic E-state index is 0.103. The van der Waals surface area contributed by atoms with Crippen LogP contribution in [0.15, 0.2) is 59.1 Å². The summed E-state index contributed by atoms with van der Waals surface area (Å²) in [6.07, 6.45) is 0. The first-order valence-corrected chi connectivity index (χ1v) is 9.36. The van der Waals surface area contributed by atoms with Gasteiger partial charge in [0.15, 0.2) is 11.5 Å². The molecule has 1 aliphatic rings. The lowest BCUT2D eigenvalue weighted by Gasteiger charge is -2.35. The maximum Gasteiger partial charge on any atom is 0.276 e. The van der Waals surface area contributed by atoms with Crippen LogP contribution in [0.3, 0.4) is 0 Å². The number of rotatable bonds is 4. The number of carbonyl (C=O) groups is 1. The summed E-state index contributed by atoms with van der Waals surface area (Å²) in [5, 5.41) is 4.00. The molecule has 0 unspecified atom stereocenters. The van der Waals surface area contributed by atoms with Crippen molar-refractivity contribution in [2.45, 2.75) is 6.92 Å². The third kappa shape index (κ3) is 3.58. The van der Waals surface area contributed by atoms with Gasteiger partial charge in [-0.05, 0) is 36.8 Å². The largest absolute Gasteiger partial charge is 0.496 e. The number of piperazine rings is 1.